The smallest absolute Gasteiger partial charge is 0.407 e. The summed E-state index contributed by atoms with van der Waals surface area (Å²) >= 11 is 0. The van der Waals surface area contributed by atoms with E-state index >= 15 is 0 Å². The first-order valence-electron chi connectivity index (χ1n) is 9.93. The van der Waals surface area contributed by atoms with Crippen molar-refractivity contribution in [2.75, 3.05) is 0 Å². The molecule has 0 unspecified atom stereocenters. The van der Waals surface area contributed by atoms with Gasteiger partial charge < -0.3 is 30.3 Å². The summed E-state index contributed by atoms with van der Waals surface area (Å²) < 4.78 is 32.9. The zero-order chi connectivity index (χ0) is 21.9. The number of carbonyl (C=O) groups excluding carboxylic acids is 1. The lowest BCUT2D eigenvalue weighted by Gasteiger charge is -2.19. The molecule has 0 spiro atoms. The van der Waals surface area contributed by atoms with Crippen molar-refractivity contribution in [3.8, 4) is 0 Å². The Bertz CT molecular complexity index is 664. The van der Waals surface area contributed by atoms with Gasteiger partial charge in [-0.1, -0.05) is 30.3 Å². The number of hydrogen-bond donors (Lipinski definition) is 4. The largest absolute Gasteiger partial charge is 0.465 e. The number of nitrogens with one attached hydrogen (secondary N) is 2. The van der Waals surface area contributed by atoms with Crippen LogP contribution < -0.4 is 10.6 Å². The molecule has 3 rings (SSSR count). The zero-order valence-electron chi connectivity index (χ0n) is 16.5. The lowest BCUT2D eigenvalue weighted by molar-refractivity contribution is -0.165. The second kappa shape index (κ2) is 12.3. The SMILES string of the molecule is O=C(N[C@@H]1CCC[C@H]1O)OCc1ccccc1.O=C(O)N[C@@H]1CCC[C@H]1OC(F)F. The second-order valence-electron chi connectivity index (χ2n) is 7.23. The van der Waals surface area contributed by atoms with Gasteiger partial charge in [0.2, 0.25) is 0 Å². The summed E-state index contributed by atoms with van der Waals surface area (Å²) in [5.74, 6) is 0. The van der Waals surface area contributed by atoms with Gasteiger partial charge in [-0.15, -0.1) is 0 Å². The molecule has 4 N–H and O–H groups in total. The van der Waals surface area contributed by atoms with E-state index in [0.29, 0.717) is 19.3 Å². The summed E-state index contributed by atoms with van der Waals surface area (Å²) in [5.41, 5.74) is 0.953. The quantitative estimate of drug-likeness (QED) is 0.551. The molecule has 10 heteroatoms. The van der Waals surface area contributed by atoms with E-state index in [1.54, 1.807) is 0 Å². The Kier molecular flexibility index (Phi) is 9.75. The molecule has 2 aliphatic rings. The molecular weight excluding hydrogens is 402 g/mol. The van der Waals surface area contributed by atoms with Crippen LogP contribution in [0.3, 0.4) is 0 Å². The zero-order valence-corrected chi connectivity index (χ0v) is 16.5. The molecule has 2 amide bonds. The molecule has 0 saturated heterocycles. The van der Waals surface area contributed by atoms with Crippen LogP contribution >= 0.6 is 0 Å². The highest BCUT2D eigenvalue weighted by atomic mass is 19.3. The van der Waals surface area contributed by atoms with Gasteiger partial charge in [0, 0.05) is 0 Å². The maximum atomic E-state index is 11.8. The molecule has 0 bridgehead atoms. The van der Waals surface area contributed by atoms with Crippen LogP contribution in [0.25, 0.3) is 0 Å². The van der Waals surface area contributed by atoms with E-state index in [9.17, 15) is 23.5 Å². The van der Waals surface area contributed by atoms with Crippen LogP contribution in [0.15, 0.2) is 30.3 Å². The molecule has 2 aliphatic carbocycles. The number of halogens is 2. The third-order valence-electron chi connectivity index (χ3n) is 5.03. The Morgan fingerprint density at radius 1 is 1.03 bits per heavy atom. The fraction of sp³-hybridized carbons (Fsp3) is 0.600. The summed E-state index contributed by atoms with van der Waals surface area (Å²) in [6.07, 6.45) is 1.50. The number of alkyl halides is 2. The predicted octanol–water partition coefficient (Wildman–Crippen LogP) is 3.24. The number of carboxylic acid groups (broad SMARTS) is 1. The molecule has 2 fully saturated rings. The minimum atomic E-state index is -2.83. The third kappa shape index (κ3) is 8.50. The number of aliphatic hydroxyl groups excluding tert-OH is 1. The summed E-state index contributed by atoms with van der Waals surface area (Å²) in [6.45, 7) is -2.57. The van der Waals surface area contributed by atoms with Crippen LogP contribution in [0, 0.1) is 0 Å². The minimum Gasteiger partial charge on any atom is -0.465 e. The molecule has 8 nitrogen and oxygen atoms in total. The standard InChI is InChI=1S/C13H17NO3.C7H11F2NO3/c15-12-8-4-7-11(12)14-13(16)17-9-10-5-2-1-3-6-10;8-6(9)13-5-3-1-2-4(5)10-7(11)12/h1-3,5-6,11-12,15H,4,7-9H2,(H,14,16);4-6,10H,1-3H2,(H,11,12)/t11-,12-;4-,5-/m11/s1. The van der Waals surface area contributed by atoms with Crippen LogP contribution in [0.2, 0.25) is 0 Å². The average molecular weight is 430 g/mol. The second-order valence-corrected chi connectivity index (χ2v) is 7.23. The van der Waals surface area contributed by atoms with E-state index < -0.39 is 37.0 Å². The Hall–Kier alpha value is -2.46. The van der Waals surface area contributed by atoms with Gasteiger partial charge in [0.25, 0.3) is 0 Å². The molecule has 0 heterocycles. The van der Waals surface area contributed by atoms with Crippen molar-refractivity contribution in [3.05, 3.63) is 35.9 Å². The first-order chi connectivity index (χ1) is 14.3. The van der Waals surface area contributed by atoms with Crippen molar-refractivity contribution >= 4 is 12.2 Å². The fourth-order valence-electron chi connectivity index (χ4n) is 3.57. The Labute approximate surface area is 173 Å². The fourth-order valence-corrected chi connectivity index (χ4v) is 3.57. The summed E-state index contributed by atoms with van der Waals surface area (Å²) in [5, 5.41) is 22.8. The lowest BCUT2D eigenvalue weighted by Crippen LogP contribution is -2.40. The van der Waals surface area contributed by atoms with E-state index in [0.717, 1.165) is 24.8 Å². The first-order valence-corrected chi connectivity index (χ1v) is 9.93. The number of hydrogen-bond acceptors (Lipinski definition) is 5. The number of rotatable bonds is 6. The Morgan fingerprint density at radius 2 is 1.70 bits per heavy atom. The molecule has 168 valence electrons. The van der Waals surface area contributed by atoms with Gasteiger partial charge in [0.15, 0.2) is 0 Å². The van der Waals surface area contributed by atoms with Gasteiger partial charge in [0.1, 0.15) is 6.61 Å². The molecule has 0 radical (unpaired) electrons. The molecule has 0 aliphatic heterocycles. The van der Waals surface area contributed by atoms with Crippen molar-refractivity contribution in [2.45, 2.75) is 76.0 Å². The number of amides is 2. The molecular formula is C20H28F2N2O6. The van der Waals surface area contributed by atoms with Crippen molar-refractivity contribution in [2.24, 2.45) is 0 Å². The Morgan fingerprint density at radius 3 is 2.30 bits per heavy atom. The first kappa shape index (κ1) is 23.8. The van der Waals surface area contributed by atoms with Gasteiger partial charge in [-0.2, -0.15) is 8.78 Å². The highest BCUT2D eigenvalue weighted by molar-refractivity contribution is 5.67. The summed E-state index contributed by atoms with van der Waals surface area (Å²) in [4.78, 5) is 21.7. The van der Waals surface area contributed by atoms with Crippen LogP contribution in [0.1, 0.15) is 44.1 Å². The molecule has 4 atom stereocenters. The highest BCUT2D eigenvalue weighted by Crippen LogP contribution is 2.23. The van der Waals surface area contributed by atoms with Crippen molar-refractivity contribution in [1.29, 1.82) is 0 Å². The lowest BCUT2D eigenvalue weighted by atomic mass is 10.2. The van der Waals surface area contributed by atoms with E-state index in [-0.39, 0.29) is 12.6 Å². The molecule has 2 saturated carbocycles. The van der Waals surface area contributed by atoms with Crippen LogP contribution in [-0.2, 0) is 16.1 Å². The number of carbonyl (C=O) groups is 2. The number of alkyl carbamates (subject to hydrolysis) is 1. The van der Waals surface area contributed by atoms with Gasteiger partial charge in [-0.05, 0) is 44.1 Å². The molecule has 0 aromatic heterocycles. The van der Waals surface area contributed by atoms with Gasteiger partial charge in [0.05, 0.1) is 24.3 Å². The maximum Gasteiger partial charge on any atom is 0.407 e. The van der Waals surface area contributed by atoms with Crippen molar-refractivity contribution in [3.63, 3.8) is 0 Å². The molecule has 1 aromatic rings. The van der Waals surface area contributed by atoms with E-state index in [2.05, 4.69) is 15.4 Å². The van der Waals surface area contributed by atoms with E-state index in [1.165, 1.54) is 0 Å². The average Bonchev–Trinajstić information content (AvgIpc) is 3.29. The summed E-state index contributed by atoms with van der Waals surface area (Å²) in [7, 11) is 0. The minimum absolute atomic E-state index is 0.154. The van der Waals surface area contributed by atoms with Gasteiger partial charge in [-0.25, -0.2) is 9.59 Å². The summed E-state index contributed by atoms with van der Waals surface area (Å²) in [6, 6.07) is 8.87. The number of benzene rings is 1. The predicted molar refractivity (Wildman–Crippen MR) is 103 cm³/mol. The highest BCUT2D eigenvalue weighted by Gasteiger charge is 2.31. The number of ether oxygens (including phenoxy) is 2. The maximum absolute atomic E-state index is 11.8. The Balaban J connectivity index is 0.000000222. The molecule has 1 aromatic carbocycles. The van der Waals surface area contributed by atoms with Crippen LogP contribution in [0.5, 0.6) is 0 Å². The number of aliphatic hydroxyl groups is 1. The third-order valence-corrected chi connectivity index (χ3v) is 5.03. The van der Waals surface area contributed by atoms with Crippen LogP contribution in [0.4, 0.5) is 18.4 Å². The topological polar surface area (TPSA) is 117 Å². The van der Waals surface area contributed by atoms with Gasteiger partial charge in [-0.3, -0.25) is 0 Å². The van der Waals surface area contributed by atoms with Crippen molar-refractivity contribution in [1.82, 2.24) is 10.6 Å². The van der Waals surface area contributed by atoms with E-state index in [4.69, 9.17) is 9.84 Å². The monoisotopic (exact) mass is 430 g/mol. The normalized spacial score (nSPS) is 25.3. The molecule has 30 heavy (non-hydrogen) atoms. The van der Waals surface area contributed by atoms with Crippen LogP contribution in [-0.4, -0.2) is 53.3 Å². The van der Waals surface area contributed by atoms with E-state index in [1.807, 2.05) is 30.3 Å². The van der Waals surface area contributed by atoms with Gasteiger partial charge >= 0.3 is 18.8 Å². The van der Waals surface area contributed by atoms with Crippen molar-refractivity contribution < 1.29 is 38.1 Å².